The fourth-order valence-electron chi connectivity index (χ4n) is 3.14. The SMILES string of the molecule is CCCC(O)CNc1ccc(-n2nc(OCCOC)nc2-c2ccccc2C)cc1. The summed E-state index contributed by atoms with van der Waals surface area (Å²) >= 11 is 0. The minimum absolute atomic E-state index is 0.315. The van der Waals surface area contributed by atoms with Gasteiger partial charge in [-0.15, -0.1) is 5.10 Å². The third kappa shape index (κ3) is 5.58. The Kier molecular flexibility index (Phi) is 7.82. The van der Waals surface area contributed by atoms with Gasteiger partial charge in [0.2, 0.25) is 0 Å². The smallest absolute Gasteiger partial charge is 0.336 e. The van der Waals surface area contributed by atoms with Crippen molar-refractivity contribution in [2.24, 2.45) is 0 Å². The van der Waals surface area contributed by atoms with Crippen LogP contribution in [0.5, 0.6) is 6.01 Å². The van der Waals surface area contributed by atoms with E-state index in [4.69, 9.17) is 9.47 Å². The van der Waals surface area contributed by atoms with Crippen molar-refractivity contribution in [2.45, 2.75) is 32.8 Å². The number of anilines is 1. The lowest BCUT2D eigenvalue weighted by Gasteiger charge is -2.12. The minimum Gasteiger partial charge on any atom is -0.460 e. The predicted molar refractivity (Wildman–Crippen MR) is 118 cm³/mol. The first-order chi connectivity index (χ1) is 14.6. The number of aliphatic hydroxyl groups is 1. The molecule has 7 nitrogen and oxygen atoms in total. The highest BCUT2D eigenvalue weighted by atomic mass is 16.5. The zero-order valence-electron chi connectivity index (χ0n) is 17.8. The van der Waals surface area contributed by atoms with E-state index in [-0.39, 0.29) is 6.10 Å². The van der Waals surface area contributed by atoms with Gasteiger partial charge >= 0.3 is 6.01 Å². The van der Waals surface area contributed by atoms with Crippen molar-refractivity contribution in [1.29, 1.82) is 0 Å². The molecule has 0 saturated carbocycles. The molecule has 0 bridgehead atoms. The number of aromatic nitrogens is 3. The Morgan fingerprint density at radius 3 is 2.57 bits per heavy atom. The quantitative estimate of drug-likeness (QED) is 0.468. The van der Waals surface area contributed by atoms with Gasteiger partial charge < -0.3 is 19.9 Å². The third-order valence-electron chi connectivity index (χ3n) is 4.77. The topological polar surface area (TPSA) is 81.4 Å². The van der Waals surface area contributed by atoms with E-state index in [1.54, 1.807) is 11.8 Å². The molecule has 2 N–H and O–H groups in total. The maximum absolute atomic E-state index is 9.92. The van der Waals surface area contributed by atoms with E-state index in [1.807, 2.05) is 42.5 Å². The molecule has 7 heteroatoms. The lowest BCUT2D eigenvalue weighted by molar-refractivity contribution is 0.141. The van der Waals surface area contributed by atoms with Crippen molar-refractivity contribution in [3.8, 4) is 23.1 Å². The molecule has 2 aromatic carbocycles. The summed E-state index contributed by atoms with van der Waals surface area (Å²) in [6, 6.07) is 16.3. The highest BCUT2D eigenvalue weighted by molar-refractivity contribution is 5.63. The molecule has 160 valence electrons. The second-order valence-corrected chi connectivity index (χ2v) is 7.16. The van der Waals surface area contributed by atoms with Crippen LogP contribution in [0.15, 0.2) is 48.5 Å². The van der Waals surface area contributed by atoms with Crippen molar-refractivity contribution < 1.29 is 14.6 Å². The van der Waals surface area contributed by atoms with Crippen LogP contribution in [-0.4, -0.2) is 52.8 Å². The molecule has 0 aliphatic heterocycles. The highest BCUT2D eigenvalue weighted by Crippen LogP contribution is 2.26. The first-order valence-corrected chi connectivity index (χ1v) is 10.3. The Balaban J connectivity index is 1.85. The van der Waals surface area contributed by atoms with Crippen LogP contribution in [0.25, 0.3) is 17.1 Å². The summed E-state index contributed by atoms with van der Waals surface area (Å²) in [5, 5.41) is 17.7. The maximum Gasteiger partial charge on any atom is 0.336 e. The molecule has 0 aliphatic carbocycles. The Hall–Kier alpha value is -2.90. The number of benzene rings is 2. The Labute approximate surface area is 177 Å². The van der Waals surface area contributed by atoms with E-state index in [0.717, 1.165) is 41.2 Å². The van der Waals surface area contributed by atoms with Gasteiger partial charge in [-0.2, -0.15) is 4.98 Å². The van der Waals surface area contributed by atoms with Crippen LogP contribution >= 0.6 is 0 Å². The molecular weight excluding hydrogens is 380 g/mol. The summed E-state index contributed by atoms with van der Waals surface area (Å²) in [6.07, 6.45) is 1.41. The van der Waals surface area contributed by atoms with Crippen molar-refractivity contribution >= 4 is 5.69 Å². The van der Waals surface area contributed by atoms with E-state index < -0.39 is 0 Å². The van der Waals surface area contributed by atoms with Crippen LogP contribution in [0, 0.1) is 6.92 Å². The average Bonchev–Trinajstić information content (AvgIpc) is 3.17. The number of nitrogens with zero attached hydrogens (tertiary/aromatic N) is 3. The van der Waals surface area contributed by atoms with Crippen LogP contribution in [0.4, 0.5) is 5.69 Å². The molecule has 0 amide bonds. The highest BCUT2D eigenvalue weighted by Gasteiger charge is 2.16. The van der Waals surface area contributed by atoms with Crippen molar-refractivity contribution in [3.63, 3.8) is 0 Å². The number of hydrogen-bond acceptors (Lipinski definition) is 6. The minimum atomic E-state index is -0.343. The van der Waals surface area contributed by atoms with Crippen LogP contribution in [0.3, 0.4) is 0 Å². The van der Waals surface area contributed by atoms with Crippen LogP contribution in [-0.2, 0) is 4.74 Å². The standard InChI is InChI=1S/C23H30N4O3/c1-4-7-20(28)16-24-18-10-12-19(13-11-18)27-22(21-9-6-5-8-17(21)2)25-23(26-27)30-15-14-29-3/h5-6,8-13,20,24,28H,4,7,14-16H2,1-3H3. The van der Waals surface area contributed by atoms with Gasteiger partial charge in [-0.1, -0.05) is 37.6 Å². The van der Waals surface area contributed by atoms with Crippen LogP contribution in [0.1, 0.15) is 25.3 Å². The number of aryl methyl sites for hydroxylation is 1. The lowest BCUT2D eigenvalue weighted by Crippen LogP contribution is -2.18. The summed E-state index contributed by atoms with van der Waals surface area (Å²) in [7, 11) is 1.63. The second kappa shape index (κ2) is 10.8. The number of aliphatic hydroxyl groups excluding tert-OH is 1. The average molecular weight is 411 g/mol. The van der Waals surface area contributed by atoms with E-state index in [2.05, 4.69) is 35.3 Å². The zero-order chi connectivity index (χ0) is 21.3. The molecule has 1 heterocycles. The third-order valence-corrected chi connectivity index (χ3v) is 4.77. The molecule has 0 radical (unpaired) electrons. The number of nitrogens with one attached hydrogen (secondary N) is 1. The number of rotatable bonds is 11. The van der Waals surface area contributed by atoms with Crippen molar-refractivity contribution in [1.82, 2.24) is 14.8 Å². The molecule has 3 aromatic rings. The monoisotopic (exact) mass is 410 g/mol. The van der Waals surface area contributed by atoms with Gasteiger partial charge in [0.05, 0.1) is 18.4 Å². The molecule has 30 heavy (non-hydrogen) atoms. The molecule has 1 aromatic heterocycles. The first-order valence-electron chi connectivity index (χ1n) is 10.3. The summed E-state index contributed by atoms with van der Waals surface area (Å²) in [6.45, 7) is 5.50. The molecule has 0 spiro atoms. The van der Waals surface area contributed by atoms with E-state index >= 15 is 0 Å². The van der Waals surface area contributed by atoms with Gasteiger partial charge in [0.15, 0.2) is 5.82 Å². The largest absolute Gasteiger partial charge is 0.460 e. The molecule has 3 rings (SSSR count). The van der Waals surface area contributed by atoms with Gasteiger partial charge in [-0.25, -0.2) is 4.68 Å². The lowest BCUT2D eigenvalue weighted by atomic mass is 10.1. The molecule has 0 saturated heterocycles. The summed E-state index contributed by atoms with van der Waals surface area (Å²) in [4.78, 5) is 4.62. The Bertz CT molecular complexity index is 924. The second-order valence-electron chi connectivity index (χ2n) is 7.16. The Morgan fingerprint density at radius 2 is 1.87 bits per heavy atom. The Morgan fingerprint density at radius 1 is 1.10 bits per heavy atom. The van der Waals surface area contributed by atoms with Gasteiger partial charge in [-0.3, -0.25) is 0 Å². The molecule has 1 atom stereocenters. The molecular formula is C23H30N4O3. The van der Waals surface area contributed by atoms with Gasteiger partial charge in [0, 0.05) is 24.9 Å². The van der Waals surface area contributed by atoms with Gasteiger partial charge in [0.1, 0.15) is 6.61 Å². The molecule has 0 aliphatic rings. The summed E-state index contributed by atoms with van der Waals surface area (Å²) < 4.78 is 12.5. The van der Waals surface area contributed by atoms with Gasteiger partial charge in [0.25, 0.3) is 0 Å². The molecule has 0 fully saturated rings. The number of hydrogen-bond donors (Lipinski definition) is 2. The van der Waals surface area contributed by atoms with Gasteiger partial charge in [-0.05, 0) is 43.2 Å². The predicted octanol–water partition coefficient (Wildman–Crippen LogP) is 3.84. The summed E-state index contributed by atoms with van der Waals surface area (Å²) in [5.41, 5.74) is 3.93. The van der Waals surface area contributed by atoms with Crippen molar-refractivity contribution in [2.75, 3.05) is 32.2 Å². The van der Waals surface area contributed by atoms with E-state index in [0.29, 0.717) is 25.8 Å². The molecule has 1 unspecified atom stereocenters. The number of methoxy groups -OCH3 is 1. The van der Waals surface area contributed by atoms with E-state index in [1.165, 1.54) is 0 Å². The fraction of sp³-hybridized carbons (Fsp3) is 0.391. The summed E-state index contributed by atoms with van der Waals surface area (Å²) in [5.74, 6) is 0.722. The van der Waals surface area contributed by atoms with Crippen LogP contribution in [0.2, 0.25) is 0 Å². The zero-order valence-corrected chi connectivity index (χ0v) is 17.8. The number of ether oxygens (including phenoxy) is 2. The first kappa shape index (κ1) is 21.8. The fourth-order valence-corrected chi connectivity index (χ4v) is 3.14. The van der Waals surface area contributed by atoms with Crippen LogP contribution < -0.4 is 10.1 Å². The van der Waals surface area contributed by atoms with E-state index in [9.17, 15) is 5.11 Å². The maximum atomic E-state index is 9.92. The normalized spacial score (nSPS) is 12.0. The van der Waals surface area contributed by atoms with Crippen molar-refractivity contribution in [3.05, 3.63) is 54.1 Å².